The Kier molecular flexibility index (Phi) is 3.18. The molecule has 18 heavy (non-hydrogen) atoms. The number of methoxy groups -OCH3 is 1. The molecule has 0 saturated carbocycles. The number of esters is 1. The minimum atomic E-state index is -0.644. The smallest absolute Gasteiger partial charge is 0.343 e. The maximum absolute atomic E-state index is 12.1. The van der Waals surface area contributed by atoms with Crippen molar-refractivity contribution in [3.63, 3.8) is 0 Å². The van der Waals surface area contributed by atoms with Crippen LogP contribution in [0.1, 0.15) is 36.7 Å². The number of nitrogens with one attached hydrogen (secondary N) is 1. The van der Waals surface area contributed by atoms with Crippen LogP contribution in [0.2, 0.25) is 0 Å². The maximum atomic E-state index is 12.1. The summed E-state index contributed by atoms with van der Waals surface area (Å²) in [6.07, 6.45) is 3.75. The molecule has 0 saturated heterocycles. The number of H-pyrrole nitrogens is 1. The van der Waals surface area contributed by atoms with Crippen LogP contribution in [0.4, 0.5) is 0 Å². The van der Waals surface area contributed by atoms with Crippen molar-refractivity contribution in [1.29, 1.82) is 0 Å². The highest BCUT2D eigenvalue weighted by Gasteiger charge is 2.17. The van der Waals surface area contributed by atoms with Crippen molar-refractivity contribution in [2.24, 2.45) is 0 Å². The second-order valence-electron chi connectivity index (χ2n) is 4.13. The Morgan fingerprint density at radius 2 is 2.33 bits per heavy atom. The number of fused-ring (bicyclic) bond motifs is 1. The third-order valence-corrected chi connectivity index (χ3v) is 3.05. The number of hydrogen-bond acceptors (Lipinski definition) is 4. The topological polar surface area (TPSA) is 77.0 Å². The van der Waals surface area contributed by atoms with Gasteiger partial charge in [0.25, 0.3) is 0 Å². The zero-order chi connectivity index (χ0) is 13.3. The molecule has 0 spiro atoms. The summed E-state index contributed by atoms with van der Waals surface area (Å²) in [5.74, 6) is -0.644. The lowest BCUT2D eigenvalue weighted by Crippen LogP contribution is -2.17. The molecule has 1 N–H and O–H groups in total. The highest BCUT2D eigenvalue weighted by atomic mass is 16.5. The van der Waals surface area contributed by atoms with Crippen molar-refractivity contribution < 1.29 is 9.53 Å². The van der Waals surface area contributed by atoms with Crippen LogP contribution < -0.4 is 5.43 Å². The second-order valence-corrected chi connectivity index (χ2v) is 4.13. The fourth-order valence-electron chi connectivity index (χ4n) is 1.79. The Balaban J connectivity index is 2.64. The van der Waals surface area contributed by atoms with E-state index < -0.39 is 5.97 Å². The summed E-state index contributed by atoms with van der Waals surface area (Å²) in [6.45, 7) is 4.05. The number of nitrogens with zero attached hydrogens (tertiary/aromatic N) is 2. The molecule has 0 fully saturated rings. The first-order valence-electron chi connectivity index (χ1n) is 5.77. The van der Waals surface area contributed by atoms with Gasteiger partial charge in [-0.05, 0) is 13.3 Å². The first kappa shape index (κ1) is 12.3. The predicted octanol–water partition coefficient (Wildman–Crippen LogP) is 1.48. The Morgan fingerprint density at radius 3 is 2.94 bits per heavy atom. The summed E-state index contributed by atoms with van der Waals surface area (Å²) < 4.78 is 6.30. The van der Waals surface area contributed by atoms with E-state index in [9.17, 15) is 9.59 Å². The van der Waals surface area contributed by atoms with Gasteiger partial charge >= 0.3 is 5.97 Å². The molecule has 0 aromatic carbocycles. The molecular weight excluding hydrogens is 234 g/mol. The monoisotopic (exact) mass is 249 g/mol. The van der Waals surface area contributed by atoms with E-state index in [4.69, 9.17) is 0 Å². The maximum Gasteiger partial charge on any atom is 0.343 e. The third kappa shape index (κ3) is 1.79. The van der Waals surface area contributed by atoms with Gasteiger partial charge < -0.3 is 9.72 Å². The molecule has 0 aliphatic heterocycles. The summed E-state index contributed by atoms with van der Waals surface area (Å²) in [4.78, 5) is 26.4. The Labute approximate surface area is 104 Å². The van der Waals surface area contributed by atoms with Gasteiger partial charge in [-0.1, -0.05) is 6.92 Å². The van der Waals surface area contributed by atoms with Crippen LogP contribution in [0.15, 0.2) is 17.2 Å². The van der Waals surface area contributed by atoms with Crippen molar-refractivity contribution >= 4 is 17.0 Å². The van der Waals surface area contributed by atoms with Gasteiger partial charge in [-0.2, -0.15) is 5.10 Å². The predicted molar refractivity (Wildman–Crippen MR) is 66.7 cm³/mol. The number of pyridine rings is 1. The van der Waals surface area contributed by atoms with Crippen LogP contribution >= 0.6 is 0 Å². The number of ether oxygens (including phenoxy) is 1. The molecule has 0 aliphatic carbocycles. The van der Waals surface area contributed by atoms with Crippen molar-refractivity contribution in [2.45, 2.75) is 26.3 Å². The molecule has 6 nitrogen and oxygen atoms in total. The standard InChI is InChI=1S/C12H15N3O3/c1-4-7(2)15-11-8(6-14-15)10(16)9(5-13-11)12(17)18-3/h5-7H,4H2,1-3H3,(H,13,16). The van der Waals surface area contributed by atoms with Crippen molar-refractivity contribution in [3.8, 4) is 0 Å². The van der Waals surface area contributed by atoms with Crippen LogP contribution in [0.3, 0.4) is 0 Å². The first-order valence-corrected chi connectivity index (χ1v) is 5.77. The lowest BCUT2D eigenvalue weighted by molar-refractivity contribution is 0.0599. The van der Waals surface area contributed by atoms with Gasteiger partial charge in [0.2, 0.25) is 5.43 Å². The summed E-state index contributed by atoms with van der Waals surface area (Å²) in [6, 6.07) is 0.183. The minimum Gasteiger partial charge on any atom is -0.465 e. The van der Waals surface area contributed by atoms with Gasteiger partial charge in [0.05, 0.1) is 24.7 Å². The Morgan fingerprint density at radius 1 is 1.61 bits per heavy atom. The van der Waals surface area contributed by atoms with E-state index in [0.717, 1.165) is 6.42 Å². The number of carbonyl (C=O) groups excluding carboxylic acids is 1. The SMILES string of the molecule is CCC(C)n1ncc2c(=O)c(C(=O)OC)c[nH]c21. The van der Waals surface area contributed by atoms with Gasteiger partial charge in [0, 0.05) is 6.20 Å². The normalized spacial score (nSPS) is 12.6. The number of carbonyl (C=O) groups is 1. The van der Waals surface area contributed by atoms with Gasteiger partial charge in [0.15, 0.2) is 0 Å². The highest BCUT2D eigenvalue weighted by Crippen LogP contribution is 2.15. The first-order chi connectivity index (χ1) is 8.60. The third-order valence-electron chi connectivity index (χ3n) is 3.05. The van der Waals surface area contributed by atoms with Crippen LogP contribution in [-0.4, -0.2) is 27.8 Å². The number of rotatable bonds is 3. The molecule has 0 radical (unpaired) electrons. The van der Waals surface area contributed by atoms with E-state index in [1.807, 2.05) is 13.8 Å². The van der Waals surface area contributed by atoms with Gasteiger partial charge in [0.1, 0.15) is 11.2 Å². The number of hydrogen-bond donors (Lipinski definition) is 1. The minimum absolute atomic E-state index is 0.00583. The molecular formula is C12H15N3O3. The number of aromatic nitrogens is 3. The van der Waals surface area contributed by atoms with Crippen molar-refractivity contribution in [1.82, 2.24) is 14.8 Å². The molecule has 96 valence electrons. The van der Waals surface area contributed by atoms with E-state index in [1.54, 1.807) is 4.68 Å². The summed E-state index contributed by atoms with van der Waals surface area (Å²) in [7, 11) is 1.24. The lowest BCUT2D eigenvalue weighted by atomic mass is 10.2. The molecule has 0 bridgehead atoms. The molecule has 0 aliphatic rings. The van der Waals surface area contributed by atoms with E-state index in [1.165, 1.54) is 19.5 Å². The van der Waals surface area contributed by atoms with Gasteiger partial charge in [-0.15, -0.1) is 0 Å². The fraction of sp³-hybridized carbons (Fsp3) is 0.417. The molecule has 2 aromatic rings. The quantitative estimate of drug-likeness (QED) is 0.836. The Bertz CT molecular complexity index is 642. The van der Waals surface area contributed by atoms with E-state index in [-0.39, 0.29) is 17.0 Å². The van der Waals surface area contributed by atoms with Crippen molar-refractivity contribution in [2.75, 3.05) is 7.11 Å². The molecule has 1 atom stereocenters. The molecule has 2 heterocycles. The average Bonchev–Trinajstić information content (AvgIpc) is 2.82. The van der Waals surface area contributed by atoms with Crippen LogP contribution in [0, 0.1) is 0 Å². The van der Waals surface area contributed by atoms with E-state index in [0.29, 0.717) is 11.0 Å². The molecule has 2 aromatic heterocycles. The van der Waals surface area contributed by atoms with E-state index in [2.05, 4.69) is 14.8 Å². The van der Waals surface area contributed by atoms with Gasteiger partial charge in [-0.3, -0.25) is 4.79 Å². The molecule has 6 heteroatoms. The molecule has 2 rings (SSSR count). The second kappa shape index (κ2) is 4.64. The lowest BCUT2D eigenvalue weighted by Gasteiger charge is -2.10. The fourth-order valence-corrected chi connectivity index (χ4v) is 1.79. The van der Waals surface area contributed by atoms with E-state index >= 15 is 0 Å². The highest BCUT2D eigenvalue weighted by molar-refractivity contribution is 5.92. The zero-order valence-electron chi connectivity index (χ0n) is 10.6. The van der Waals surface area contributed by atoms with Crippen LogP contribution in [0.5, 0.6) is 0 Å². The molecule has 1 unspecified atom stereocenters. The average molecular weight is 249 g/mol. The summed E-state index contributed by atoms with van der Waals surface area (Å²) in [5, 5.41) is 4.59. The number of aromatic amines is 1. The largest absolute Gasteiger partial charge is 0.465 e. The van der Waals surface area contributed by atoms with Gasteiger partial charge in [-0.25, -0.2) is 9.48 Å². The zero-order valence-corrected chi connectivity index (χ0v) is 10.6. The van der Waals surface area contributed by atoms with Crippen LogP contribution in [0.25, 0.3) is 11.0 Å². The Hall–Kier alpha value is -2.11. The van der Waals surface area contributed by atoms with Crippen LogP contribution in [-0.2, 0) is 4.74 Å². The van der Waals surface area contributed by atoms with Crippen molar-refractivity contribution in [3.05, 3.63) is 28.2 Å². The summed E-state index contributed by atoms with van der Waals surface area (Å²) in [5.41, 5.74) is 0.265. The summed E-state index contributed by atoms with van der Waals surface area (Å²) >= 11 is 0. The molecule has 0 amide bonds.